The second-order valence-electron chi connectivity index (χ2n) is 6.75. The molecule has 30 heavy (non-hydrogen) atoms. The molecule has 0 fully saturated rings. The average Bonchev–Trinajstić information content (AvgIpc) is 2.78. The van der Waals surface area contributed by atoms with E-state index in [-0.39, 0.29) is 12.5 Å². The first-order chi connectivity index (χ1) is 14.7. The van der Waals surface area contributed by atoms with Gasteiger partial charge in [-0.15, -0.1) is 0 Å². The molecule has 0 bridgehead atoms. The molecule has 0 aliphatic rings. The van der Waals surface area contributed by atoms with Crippen molar-refractivity contribution in [2.24, 2.45) is 0 Å². The van der Waals surface area contributed by atoms with E-state index in [4.69, 9.17) is 9.15 Å². The van der Waals surface area contributed by atoms with Crippen molar-refractivity contribution in [3.63, 3.8) is 0 Å². The lowest BCUT2D eigenvalue weighted by Gasteiger charge is -2.10. The van der Waals surface area contributed by atoms with Crippen LogP contribution in [0.2, 0.25) is 0 Å². The van der Waals surface area contributed by atoms with Gasteiger partial charge in [0, 0.05) is 36.5 Å². The Morgan fingerprint density at radius 2 is 1.80 bits per heavy atom. The lowest BCUT2D eigenvalue weighted by atomic mass is 10.0. The van der Waals surface area contributed by atoms with Crippen molar-refractivity contribution in [2.75, 3.05) is 13.2 Å². The number of nitrogens with one attached hydrogen (secondary N) is 1. The number of aromatic nitrogens is 1. The number of hydrogen-bond donors (Lipinski definition) is 1. The van der Waals surface area contributed by atoms with Crippen molar-refractivity contribution in [3.05, 3.63) is 95.1 Å². The van der Waals surface area contributed by atoms with Crippen molar-refractivity contribution >= 4 is 16.9 Å². The molecule has 0 saturated carbocycles. The van der Waals surface area contributed by atoms with Gasteiger partial charge < -0.3 is 14.5 Å². The fourth-order valence-electron chi connectivity index (χ4n) is 3.19. The van der Waals surface area contributed by atoms with E-state index in [1.807, 2.05) is 48.5 Å². The lowest BCUT2D eigenvalue weighted by molar-refractivity contribution is -0.123. The summed E-state index contributed by atoms with van der Waals surface area (Å²) in [6.07, 6.45) is 4.17. The normalized spacial score (nSPS) is 10.7. The molecule has 0 atom stereocenters. The molecular formula is C24H20N2O4. The minimum absolute atomic E-state index is 0.121. The van der Waals surface area contributed by atoms with Crippen LogP contribution in [0, 0.1) is 0 Å². The molecule has 6 nitrogen and oxygen atoms in total. The standard InChI is InChI=1S/C24H20N2O4/c27-23(26-13-10-17-8-11-25-12-9-17)16-29-19-6-7-20-21(18-4-2-1-3-5-18)15-24(28)30-22(20)14-19/h1-9,11-12,14-15H,10,13,16H2,(H,26,27). The topological polar surface area (TPSA) is 81.4 Å². The Hall–Kier alpha value is -3.93. The largest absolute Gasteiger partial charge is 0.484 e. The van der Waals surface area contributed by atoms with Crippen LogP contribution in [-0.2, 0) is 11.2 Å². The predicted molar refractivity (Wildman–Crippen MR) is 114 cm³/mol. The van der Waals surface area contributed by atoms with Crippen LogP contribution in [0.4, 0.5) is 0 Å². The van der Waals surface area contributed by atoms with Crippen LogP contribution in [0.5, 0.6) is 5.75 Å². The zero-order valence-corrected chi connectivity index (χ0v) is 16.2. The summed E-state index contributed by atoms with van der Waals surface area (Å²) in [7, 11) is 0. The number of carbonyl (C=O) groups is 1. The van der Waals surface area contributed by atoms with E-state index in [2.05, 4.69) is 10.3 Å². The number of ether oxygens (including phenoxy) is 1. The van der Waals surface area contributed by atoms with Crippen LogP contribution in [-0.4, -0.2) is 24.0 Å². The number of amides is 1. The van der Waals surface area contributed by atoms with Gasteiger partial charge in [0.1, 0.15) is 11.3 Å². The van der Waals surface area contributed by atoms with E-state index < -0.39 is 5.63 Å². The molecule has 4 aromatic rings. The summed E-state index contributed by atoms with van der Waals surface area (Å²) in [4.78, 5) is 28.0. The molecule has 0 aliphatic carbocycles. The predicted octanol–water partition coefficient (Wildman–Crippen LogP) is 3.59. The van der Waals surface area contributed by atoms with Gasteiger partial charge in [-0.2, -0.15) is 0 Å². The lowest BCUT2D eigenvalue weighted by Crippen LogP contribution is -2.30. The molecule has 0 aliphatic heterocycles. The molecule has 0 spiro atoms. The van der Waals surface area contributed by atoms with Crippen LogP contribution in [0.3, 0.4) is 0 Å². The molecule has 2 aromatic carbocycles. The molecule has 2 heterocycles. The number of carbonyl (C=O) groups excluding carboxylic acids is 1. The van der Waals surface area contributed by atoms with Gasteiger partial charge in [-0.3, -0.25) is 9.78 Å². The third-order valence-electron chi connectivity index (χ3n) is 4.66. The Morgan fingerprint density at radius 3 is 2.60 bits per heavy atom. The SMILES string of the molecule is O=C(COc1ccc2c(-c3ccccc3)cc(=O)oc2c1)NCCc1ccncc1. The van der Waals surface area contributed by atoms with Gasteiger partial charge in [0.05, 0.1) is 0 Å². The number of nitrogens with zero attached hydrogens (tertiary/aromatic N) is 1. The minimum Gasteiger partial charge on any atom is -0.484 e. The molecule has 6 heteroatoms. The molecule has 1 N–H and O–H groups in total. The third-order valence-corrected chi connectivity index (χ3v) is 4.66. The number of benzene rings is 2. The Balaban J connectivity index is 1.41. The van der Waals surface area contributed by atoms with Crippen molar-refractivity contribution < 1.29 is 13.9 Å². The van der Waals surface area contributed by atoms with Crippen LogP contribution in [0.15, 0.2) is 88.3 Å². The Morgan fingerprint density at radius 1 is 1.00 bits per heavy atom. The van der Waals surface area contributed by atoms with E-state index in [0.717, 1.165) is 28.5 Å². The van der Waals surface area contributed by atoms with Gasteiger partial charge in [0.15, 0.2) is 6.61 Å². The fourth-order valence-corrected chi connectivity index (χ4v) is 3.19. The highest BCUT2D eigenvalue weighted by Crippen LogP contribution is 2.29. The summed E-state index contributed by atoms with van der Waals surface area (Å²) in [5.74, 6) is 0.240. The molecule has 1 amide bonds. The quantitative estimate of drug-likeness (QED) is 0.480. The smallest absolute Gasteiger partial charge is 0.336 e. The van der Waals surface area contributed by atoms with Gasteiger partial charge in [0.2, 0.25) is 0 Å². The highest BCUT2D eigenvalue weighted by atomic mass is 16.5. The summed E-state index contributed by atoms with van der Waals surface area (Å²) in [6, 6.07) is 20.2. The molecule has 4 rings (SSSR count). The van der Waals surface area contributed by atoms with Crippen LogP contribution in [0.1, 0.15) is 5.56 Å². The zero-order valence-electron chi connectivity index (χ0n) is 16.2. The van der Waals surface area contributed by atoms with Crippen LogP contribution >= 0.6 is 0 Å². The van der Waals surface area contributed by atoms with Gasteiger partial charge in [-0.1, -0.05) is 30.3 Å². The summed E-state index contributed by atoms with van der Waals surface area (Å²) in [5.41, 5.74) is 2.80. The number of hydrogen-bond acceptors (Lipinski definition) is 5. The minimum atomic E-state index is -0.438. The highest BCUT2D eigenvalue weighted by Gasteiger charge is 2.10. The third kappa shape index (κ3) is 4.72. The fraction of sp³-hybridized carbons (Fsp3) is 0.125. The Bertz CT molecular complexity index is 1200. The molecule has 2 aromatic heterocycles. The van der Waals surface area contributed by atoms with Crippen LogP contribution in [0.25, 0.3) is 22.1 Å². The van der Waals surface area contributed by atoms with Crippen molar-refractivity contribution in [1.82, 2.24) is 10.3 Å². The van der Waals surface area contributed by atoms with E-state index in [1.54, 1.807) is 24.5 Å². The summed E-state index contributed by atoms with van der Waals surface area (Å²) < 4.78 is 10.9. The van der Waals surface area contributed by atoms with Crippen LogP contribution < -0.4 is 15.7 Å². The second-order valence-corrected chi connectivity index (χ2v) is 6.75. The summed E-state index contributed by atoms with van der Waals surface area (Å²) in [5, 5.41) is 3.62. The van der Waals surface area contributed by atoms with Gasteiger partial charge in [-0.25, -0.2) is 4.79 Å². The van der Waals surface area contributed by atoms with Crippen molar-refractivity contribution in [2.45, 2.75) is 6.42 Å². The molecule has 150 valence electrons. The molecule has 0 unspecified atom stereocenters. The van der Waals surface area contributed by atoms with Gasteiger partial charge in [-0.05, 0) is 47.4 Å². The highest BCUT2D eigenvalue weighted by molar-refractivity contribution is 5.93. The zero-order chi connectivity index (χ0) is 20.8. The van der Waals surface area contributed by atoms with Gasteiger partial charge >= 0.3 is 5.63 Å². The molecule has 0 radical (unpaired) electrons. The summed E-state index contributed by atoms with van der Waals surface area (Å²) in [6.45, 7) is 0.393. The first-order valence-corrected chi connectivity index (χ1v) is 9.61. The number of fused-ring (bicyclic) bond motifs is 1. The van der Waals surface area contributed by atoms with E-state index in [9.17, 15) is 9.59 Å². The maximum absolute atomic E-state index is 12.0. The summed E-state index contributed by atoms with van der Waals surface area (Å²) >= 11 is 0. The molecule has 0 saturated heterocycles. The maximum atomic E-state index is 12.0. The van der Waals surface area contributed by atoms with Crippen molar-refractivity contribution in [1.29, 1.82) is 0 Å². The van der Waals surface area contributed by atoms with Crippen molar-refractivity contribution in [3.8, 4) is 16.9 Å². The number of rotatable bonds is 7. The monoisotopic (exact) mass is 400 g/mol. The maximum Gasteiger partial charge on any atom is 0.336 e. The van der Waals surface area contributed by atoms with E-state index in [0.29, 0.717) is 17.9 Å². The number of pyridine rings is 1. The first-order valence-electron chi connectivity index (χ1n) is 9.61. The van der Waals surface area contributed by atoms with E-state index in [1.165, 1.54) is 6.07 Å². The Kier molecular flexibility index (Phi) is 5.85. The first kappa shape index (κ1) is 19.4. The van der Waals surface area contributed by atoms with E-state index >= 15 is 0 Å². The molecular weight excluding hydrogens is 380 g/mol. The second kappa shape index (κ2) is 9.05. The Labute approximate surface area is 173 Å². The average molecular weight is 400 g/mol. The van der Waals surface area contributed by atoms with Gasteiger partial charge in [0.25, 0.3) is 5.91 Å².